The topological polar surface area (TPSA) is 115 Å². The fourth-order valence-electron chi connectivity index (χ4n) is 1.59. The standard InChI is InChI=1S/C10H8ClF3O7S2/c1-4-3-5(9(15)16)6(11)7(8(4)22(2,17)18)21-23(19,20)10(12,13)14/h3H,1-2H3,(H,15,16). The van der Waals surface area contributed by atoms with Crippen molar-refractivity contribution in [2.45, 2.75) is 17.3 Å². The van der Waals surface area contributed by atoms with Gasteiger partial charge in [-0.05, 0) is 18.6 Å². The van der Waals surface area contributed by atoms with Crippen LogP contribution in [0.25, 0.3) is 0 Å². The summed E-state index contributed by atoms with van der Waals surface area (Å²) in [6.07, 6.45) is 0.569. The third-order valence-electron chi connectivity index (χ3n) is 2.44. The number of carboxylic acids is 1. The summed E-state index contributed by atoms with van der Waals surface area (Å²) in [4.78, 5) is 10.0. The van der Waals surface area contributed by atoms with Gasteiger partial charge in [-0.2, -0.15) is 21.6 Å². The molecule has 23 heavy (non-hydrogen) atoms. The molecule has 13 heteroatoms. The molecule has 0 aliphatic heterocycles. The summed E-state index contributed by atoms with van der Waals surface area (Å²) < 4.78 is 86.6. The number of aromatic carboxylic acids is 1. The fourth-order valence-corrected chi connectivity index (χ4v) is 3.62. The van der Waals surface area contributed by atoms with E-state index < -0.39 is 52.7 Å². The number of benzene rings is 1. The van der Waals surface area contributed by atoms with E-state index >= 15 is 0 Å². The second-order valence-corrected chi connectivity index (χ2v) is 8.14. The van der Waals surface area contributed by atoms with Crippen molar-refractivity contribution in [2.24, 2.45) is 0 Å². The minimum absolute atomic E-state index is 0.346. The molecule has 1 rings (SSSR count). The molecule has 1 aromatic rings. The molecule has 0 fully saturated rings. The van der Waals surface area contributed by atoms with E-state index in [0.717, 1.165) is 13.0 Å². The minimum Gasteiger partial charge on any atom is -0.478 e. The maximum atomic E-state index is 12.4. The second kappa shape index (κ2) is 5.83. The number of aryl methyl sites for hydroxylation is 1. The van der Waals surface area contributed by atoms with Gasteiger partial charge in [0, 0.05) is 6.26 Å². The Kier molecular flexibility index (Phi) is 4.95. The Balaban J connectivity index is 3.85. The lowest BCUT2D eigenvalue weighted by Crippen LogP contribution is -2.29. The van der Waals surface area contributed by atoms with Gasteiger partial charge in [-0.3, -0.25) is 0 Å². The lowest BCUT2D eigenvalue weighted by molar-refractivity contribution is -0.0500. The van der Waals surface area contributed by atoms with Crippen molar-refractivity contribution < 1.29 is 44.1 Å². The predicted octanol–water partition coefficient (Wildman–Crippen LogP) is 1.98. The molecule has 0 heterocycles. The van der Waals surface area contributed by atoms with E-state index in [9.17, 15) is 34.8 Å². The van der Waals surface area contributed by atoms with Crippen LogP contribution in [0.2, 0.25) is 5.02 Å². The van der Waals surface area contributed by atoms with E-state index in [-0.39, 0.29) is 5.56 Å². The number of carbonyl (C=O) groups is 1. The highest BCUT2D eigenvalue weighted by atomic mass is 35.5. The first-order valence-corrected chi connectivity index (χ1v) is 9.04. The zero-order valence-electron chi connectivity index (χ0n) is 11.3. The number of alkyl halides is 3. The zero-order chi connectivity index (χ0) is 18.4. The lowest BCUT2D eigenvalue weighted by Gasteiger charge is -2.16. The fraction of sp³-hybridized carbons (Fsp3) is 0.300. The highest BCUT2D eigenvalue weighted by molar-refractivity contribution is 7.91. The van der Waals surface area contributed by atoms with E-state index in [1.54, 1.807) is 0 Å². The van der Waals surface area contributed by atoms with Crippen LogP contribution in [0, 0.1) is 6.92 Å². The van der Waals surface area contributed by atoms with E-state index in [1.807, 2.05) is 0 Å². The molecule has 0 bridgehead atoms. The third-order valence-corrected chi connectivity index (χ3v) is 5.02. The molecule has 0 aliphatic carbocycles. The van der Waals surface area contributed by atoms with Gasteiger partial charge in [0.05, 0.1) is 5.56 Å². The molecule has 0 radical (unpaired) electrons. The van der Waals surface area contributed by atoms with Crippen molar-refractivity contribution in [3.63, 3.8) is 0 Å². The summed E-state index contributed by atoms with van der Waals surface area (Å²) in [6.45, 7) is 1.05. The molecule has 0 saturated heterocycles. The van der Waals surface area contributed by atoms with E-state index in [0.29, 0.717) is 6.26 Å². The zero-order valence-corrected chi connectivity index (χ0v) is 13.7. The van der Waals surface area contributed by atoms with Gasteiger partial charge in [0.15, 0.2) is 15.6 Å². The Hall–Kier alpha value is -1.53. The number of halogens is 4. The average Bonchev–Trinajstić information content (AvgIpc) is 2.29. The number of sulfone groups is 1. The molecular weight excluding hydrogens is 389 g/mol. The summed E-state index contributed by atoms with van der Waals surface area (Å²) in [5.74, 6) is -3.13. The van der Waals surface area contributed by atoms with E-state index in [1.165, 1.54) is 0 Å². The van der Waals surface area contributed by atoms with E-state index in [4.69, 9.17) is 16.7 Å². The van der Waals surface area contributed by atoms with Crippen molar-refractivity contribution in [3.8, 4) is 5.75 Å². The Morgan fingerprint density at radius 1 is 1.26 bits per heavy atom. The molecule has 1 N–H and O–H groups in total. The van der Waals surface area contributed by atoms with Crippen LogP contribution in [-0.4, -0.2) is 39.7 Å². The summed E-state index contributed by atoms with van der Waals surface area (Å²) in [5, 5.41) is 7.82. The molecule has 7 nitrogen and oxygen atoms in total. The Morgan fingerprint density at radius 2 is 1.74 bits per heavy atom. The maximum Gasteiger partial charge on any atom is 0.534 e. The van der Waals surface area contributed by atoms with Gasteiger partial charge >= 0.3 is 21.6 Å². The van der Waals surface area contributed by atoms with Gasteiger partial charge in [0.2, 0.25) is 0 Å². The van der Waals surface area contributed by atoms with Gasteiger partial charge in [-0.25, -0.2) is 13.2 Å². The monoisotopic (exact) mass is 396 g/mol. The number of hydrogen-bond donors (Lipinski definition) is 1. The molecule has 0 spiro atoms. The largest absolute Gasteiger partial charge is 0.534 e. The Bertz CT molecular complexity index is 873. The smallest absolute Gasteiger partial charge is 0.478 e. The van der Waals surface area contributed by atoms with Crippen LogP contribution in [0.15, 0.2) is 11.0 Å². The molecule has 0 saturated carbocycles. The first-order valence-electron chi connectivity index (χ1n) is 5.36. The minimum atomic E-state index is -6.26. The summed E-state index contributed by atoms with van der Waals surface area (Å²) in [7, 11) is -10.5. The molecule has 0 aliphatic rings. The van der Waals surface area contributed by atoms with Crippen molar-refractivity contribution >= 4 is 37.5 Å². The summed E-state index contributed by atoms with van der Waals surface area (Å²) in [5.41, 5.74) is -7.02. The van der Waals surface area contributed by atoms with Crippen LogP contribution >= 0.6 is 11.6 Å². The number of hydrogen-bond acceptors (Lipinski definition) is 6. The third kappa shape index (κ3) is 3.87. The van der Waals surface area contributed by atoms with Gasteiger partial charge < -0.3 is 9.29 Å². The predicted molar refractivity (Wildman–Crippen MR) is 71.9 cm³/mol. The maximum absolute atomic E-state index is 12.4. The molecular formula is C10H8ClF3O7S2. The SMILES string of the molecule is Cc1cc(C(=O)O)c(Cl)c(OS(=O)(=O)C(F)(F)F)c1S(C)(=O)=O. The van der Waals surface area contributed by atoms with Crippen molar-refractivity contribution in [1.29, 1.82) is 0 Å². The van der Waals surface area contributed by atoms with Gasteiger partial charge in [0.1, 0.15) is 9.92 Å². The van der Waals surface area contributed by atoms with Crippen LogP contribution in [-0.2, 0) is 20.0 Å². The quantitative estimate of drug-likeness (QED) is 0.611. The van der Waals surface area contributed by atoms with Crippen LogP contribution in [0.3, 0.4) is 0 Å². The van der Waals surface area contributed by atoms with Crippen LogP contribution in [0.1, 0.15) is 15.9 Å². The normalized spacial score (nSPS) is 13.0. The average molecular weight is 397 g/mol. The first-order chi connectivity index (χ1) is 10.1. The highest BCUT2D eigenvalue weighted by Gasteiger charge is 2.49. The lowest BCUT2D eigenvalue weighted by atomic mass is 10.1. The summed E-state index contributed by atoms with van der Waals surface area (Å²) >= 11 is 5.54. The molecule has 1 aromatic carbocycles. The van der Waals surface area contributed by atoms with Crippen LogP contribution < -0.4 is 4.18 Å². The highest BCUT2D eigenvalue weighted by Crippen LogP contribution is 2.40. The molecule has 0 amide bonds. The van der Waals surface area contributed by atoms with Crippen molar-refractivity contribution in [1.82, 2.24) is 0 Å². The molecule has 0 atom stereocenters. The Labute approximate surface area is 133 Å². The summed E-state index contributed by atoms with van der Waals surface area (Å²) in [6, 6.07) is 0.772. The number of carboxylic acid groups (broad SMARTS) is 1. The molecule has 130 valence electrons. The Morgan fingerprint density at radius 3 is 2.09 bits per heavy atom. The van der Waals surface area contributed by atoms with Gasteiger partial charge in [-0.15, -0.1) is 0 Å². The van der Waals surface area contributed by atoms with Crippen LogP contribution in [0.4, 0.5) is 13.2 Å². The number of rotatable bonds is 4. The first kappa shape index (κ1) is 19.5. The molecule has 0 aromatic heterocycles. The van der Waals surface area contributed by atoms with Crippen molar-refractivity contribution in [3.05, 3.63) is 22.2 Å². The second-order valence-electron chi connectivity index (χ2n) is 4.27. The van der Waals surface area contributed by atoms with Crippen LogP contribution in [0.5, 0.6) is 5.75 Å². The van der Waals surface area contributed by atoms with Crippen molar-refractivity contribution in [2.75, 3.05) is 6.26 Å². The van der Waals surface area contributed by atoms with Gasteiger partial charge in [-0.1, -0.05) is 11.6 Å². The van der Waals surface area contributed by atoms with Gasteiger partial charge in [0.25, 0.3) is 0 Å². The molecule has 0 unspecified atom stereocenters. The van der Waals surface area contributed by atoms with E-state index in [2.05, 4.69) is 4.18 Å².